The fourth-order valence-corrected chi connectivity index (χ4v) is 2.90. The first-order chi connectivity index (χ1) is 10.0. The third-order valence-corrected chi connectivity index (χ3v) is 4.62. The maximum Gasteiger partial charge on any atom is 0.243 e. The van der Waals surface area contributed by atoms with Gasteiger partial charge in [0.05, 0.1) is 17.6 Å². The Labute approximate surface area is 132 Å². The monoisotopic (exact) mass is 323 g/mol. The Morgan fingerprint density at radius 2 is 2.24 bits per heavy atom. The average molecular weight is 324 g/mol. The number of alkyl halides is 2. The van der Waals surface area contributed by atoms with Gasteiger partial charge in [-0.3, -0.25) is 4.79 Å². The number of hydrogen-bond donors (Lipinski definition) is 1. The van der Waals surface area contributed by atoms with E-state index in [0.29, 0.717) is 13.1 Å². The highest BCUT2D eigenvalue weighted by molar-refractivity contribution is 6.50. The SMILES string of the molecule is C=CC(=O)NCc1nc2ccccc2n1CC1CC1(Cl)Cl. The second-order valence-corrected chi connectivity index (χ2v) is 6.75. The molecule has 21 heavy (non-hydrogen) atoms. The molecule has 2 aromatic rings. The van der Waals surface area contributed by atoms with Crippen LogP contribution in [0.25, 0.3) is 11.0 Å². The van der Waals surface area contributed by atoms with Crippen molar-refractivity contribution in [3.05, 3.63) is 42.7 Å². The van der Waals surface area contributed by atoms with Gasteiger partial charge in [0.25, 0.3) is 0 Å². The number of para-hydroxylation sites is 2. The molecule has 1 fully saturated rings. The van der Waals surface area contributed by atoms with Gasteiger partial charge in [-0.2, -0.15) is 0 Å². The molecule has 0 saturated heterocycles. The third kappa shape index (κ3) is 2.92. The smallest absolute Gasteiger partial charge is 0.243 e. The minimum atomic E-state index is -0.632. The molecule has 6 heteroatoms. The molecule has 1 atom stereocenters. The molecule has 1 saturated carbocycles. The summed E-state index contributed by atoms with van der Waals surface area (Å²) in [5.74, 6) is 0.791. The second kappa shape index (κ2) is 5.35. The lowest BCUT2D eigenvalue weighted by Gasteiger charge is -2.09. The van der Waals surface area contributed by atoms with Crippen LogP contribution < -0.4 is 5.32 Å². The summed E-state index contributed by atoms with van der Waals surface area (Å²) in [6.07, 6.45) is 2.03. The summed E-state index contributed by atoms with van der Waals surface area (Å²) in [5, 5.41) is 2.76. The van der Waals surface area contributed by atoms with Crippen LogP contribution in [0.5, 0.6) is 0 Å². The predicted molar refractivity (Wildman–Crippen MR) is 84.3 cm³/mol. The molecule has 1 aromatic carbocycles. The predicted octanol–water partition coefficient (Wildman–Crippen LogP) is 3.03. The number of nitrogens with one attached hydrogen (secondary N) is 1. The molecule has 110 valence electrons. The number of amides is 1. The van der Waals surface area contributed by atoms with Crippen molar-refractivity contribution in [2.24, 2.45) is 5.92 Å². The van der Waals surface area contributed by atoms with Gasteiger partial charge in [0.1, 0.15) is 10.2 Å². The van der Waals surface area contributed by atoms with Crippen LogP contribution in [0.15, 0.2) is 36.9 Å². The normalized spacial score (nSPS) is 19.4. The Morgan fingerprint density at radius 1 is 1.52 bits per heavy atom. The van der Waals surface area contributed by atoms with Crippen LogP contribution in [0.3, 0.4) is 0 Å². The standard InChI is InChI=1S/C15H15Cl2N3O/c1-2-14(21)18-8-13-19-11-5-3-4-6-12(11)20(13)9-10-7-15(10,16)17/h2-6,10H,1,7-9H2,(H,18,21). The molecule has 1 heterocycles. The highest BCUT2D eigenvalue weighted by atomic mass is 35.5. The van der Waals surface area contributed by atoms with Crippen molar-refractivity contribution >= 4 is 40.1 Å². The van der Waals surface area contributed by atoms with E-state index < -0.39 is 4.33 Å². The van der Waals surface area contributed by atoms with E-state index in [1.807, 2.05) is 24.3 Å². The van der Waals surface area contributed by atoms with Gasteiger partial charge in [-0.15, -0.1) is 23.2 Å². The van der Waals surface area contributed by atoms with Crippen molar-refractivity contribution in [2.75, 3.05) is 0 Å². The molecule has 1 amide bonds. The number of rotatable bonds is 5. The first kappa shape index (κ1) is 14.4. The van der Waals surface area contributed by atoms with Gasteiger partial charge in [0, 0.05) is 12.5 Å². The molecule has 3 rings (SSSR count). The molecule has 1 N–H and O–H groups in total. The molecule has 4 nitrogen and oxygen atoms in total. The fraction of sp³-hybridized carbons (Fsp3) is 0.333. The number of benzene rings is 1. The first-order valence-electron chi connectivity index (χ1n) is 6.73. The Morgan fingerprint density at radius 3 is 2.90 bits per heavy atom. The lowest BCUT2D eigenvalue weighted by atomic mass is 10.3. The Balaban J connectivity index is 1.90. The number of fused-ring (bicyclic) bond motifs is 1. The lowest BCUT2D eigenvalue weighted by molar-refractivity contribution is -0.116. The maximum absolute atomic E-state index is 11.3. The molecule has 1 aliphatic carbocycles. The van der Waals surface area contributed by atoms with Crippen LogP contribution in [0, 0.1) is 5.92 Å². The number of hydrogen-bond acceptors (Lipinski definition) is 2. The minimum absolute atomic E-state index is 0.215. The van der Waals surface area contributed by atoms with Crippen molar-refractivity contribution in [1.29, 1.82) is 0 Å². The highest BCUT2D eigenvalue weighted by Crippen LogP contribution is 2.54. The molecule has 1 aromatic heterocycles. The first-order valence-corrected chi connectivity index (χ1v) is 7.49. The van der Waals surface area contributed by atoms with Gasteiger partial charge in [0.15, 0.2) is 0 Å². The molecule has 0 bridgehead atoms. The van der Waals surface area contributed by atoms with Crippen molar-refractivity contribution in [1.82, 2.24) is 14.9 Å². The van der Waals surface area contributed by atoms with E-state index in [1.54, 1.807) is 0 Å². The zero-order valence-electron chi connectivity index (χ0n) is 11.4. The molecule has 0 radical (unpaired) electrons. The third-order valence-electron chi connectivity index (χ3n) is 3.70. The summed E-state index contributed by atoms with van der Waals surface area (Å²) in [6, 6.07) is 7.87. The van der Waals surface area contributed by atoms with E-state index in [1.165, 1.54) is 6.08 Å². The zero-order valence-corrected chi connectivity index (χ0v) is 12.9. The minimum Gasteiger partial charge on any atom is -0.345 e. The van der Waals surface area contributed by atoms with Crippen LogP contribution in [0.2, 0.25) is 0 Å². The van der Waals surface area contributed by atoms with Crippen molar-refractivity contribution in [2.45, 2.75) is 23.8 Å². The van der Waals surface area contributed by atoms with Crippen LogP contribution in [-0.2, 0) is 17.9 Å². The van der Waals surface area contributed by atoms with Crippen LogP contribution in [0.1, 0.15) is 12.2 Å². The van der Waals surface area contributed by atoms with E-state index in [0.717, 1.165) is 23.3 Å². The van der Waals surface area contributed by atoms with Crippen molar-refractivity contribution in [3.63, 3.8) is 0 Å². The van der Waals surface area contributed by atoms with Crippen LogP contribution in [-0.4, -0.2) is 19.8 Å². The van der Waals surface area contributed by atoms with Crippen molar-refractivity contribution in [3.8, 4) is 0 Å². The maximum atomic E-state index is 11.3. The molecular formula is C15H15Cl2N3O. The number of carbonyl (C=O) groups is 1. The van der Waals surface area contributed by atoms with E-state index in [-0.39, 0.29) is 11.8 Å². The van der Waals surface area contributed by atoms with E-state index in [4.69, 9.17) is 23.2 Å². The Hall–Kier alpha value is -1.52. The molecular weight excluding hydrogens is 309 g/mol. The molecule has 1 aliphatic rings. The fourth-order valence-electron chi connectivity index (χ4n) is 2.39. The summed E-state index contributed by atoms with van der Waals surface area (Å²) in [6.45, 7) is 4.49. The lowest BCUT2D eigenvalue weighted by Crippen LogP contribution is -2.23. The number of carbonyl (C=O) groups excluding carboxylic acids is 1. The van der Waals surface area contributed by atoms with Gasteiger partial charge < -0.3 is 9.88 Å². The highest BCUT2D eigenvalue weighted by Gasteiger charge is 2.51. The summed E-state index contributed by atoms with van der Waals surface area (Å²) in [5.41, 5.74) is 1.92. The summed E-state index contributed by atoms with van der Waals surface area (Å²) in [7, 11) is 0. The zero-order chi connectivity index (χ0) is 15.0. The van der Waals surface area contributed by atoms with E-state index in [9.17, 15) is 4.79 Å². The summed E-state index contributed by atoms with van der Waals surface area (Å²) in [4.78, 5) is 15.9. The quantitative estimate of drug-likeness (QED) is 0.679. The van der Waals surface area contributed by atoms with Crippen LogP contribution >= 0.6 is 23.2 Å². The molecule has 0 aliphatic heterocycles. The van der Waals surface area contributed by atoms with Gasteiger partial charge in [0.2, 0.25) is 5.91 Å². The number of aromatic nitrogens is 2. The number of halogens is 2. The second-order valence-electron chi connectivity index (χ2n) is 5.21. The van der Waals surface area contributed by atoms with Gasteiger partial charge in [-0.1, -0.05) is 18.7 Å². The van der Waals surface area contributed by atoms with Gasteiger partial charge in [-0.05, 0) is 24.6 Å². The Kier molecular flexibility index (Phi) is 3.68. The van der Waals surface area contributed by atoms with E-state index in [2.05, 4.69) is 21.4 Å². The van der Waals surface area contributed by atoms with Gasteiger partial charge in [-0.25, -0.2) is 4.98 Å². The molecule has 0 spiro atoms. The largest absolute Gasteiger partial charge is 0.345 e. The average Bonchev–Trinajstić information content (AvgIpc) is 2.92. The van der Waals surface area contributed by atoms with Crippen molar-refractivity contribution < 1.29 is 4.79 Å². The van der Waals surface area contributed by atoms with E-state index >= 15 is 0 Å². The van der Waals surface area contributed by atoms with Crippen LogP contribution in [0.4, 0.5) is 0 Å². The summed E-state index contributed by atoms with van der Waals surface area (Å²) >= 11 is 12.3. The number of imidazole rings is 1. The number of nitrogens with zero attached hydrogens (tertiary/aromatic N) is 2. The van der Waals surface area contributed by atoms with Gasteiger partial charge >= 0.3 is 0 Å². The topological polar surface area (TPSA) is 46.9 Å². The summed E-state index contributed by atoms with van der Waals surface area (Å²) < 4.78 is 1.45. The Bertz CT molecular complexity index is 708. The molecule has 1 unspecified atom stereocenters.